The maximum Gasteiger partial charge on any atom is 0.229 e. The summed E-state index contributed by atoms with van der Waals surface area (Å²) in [6, 6.07) is 9.82. The van der Waals surface area contributed by atoms with Crippen LogP contribution in [0.1, 0.15) is 18.4 Å². The molecule has 1 amide bonds. The topological polar surface area (TPSA) is 37.4 Å². The number of amides is 1. The zero-order chi connectivity index (χ0) is 12.0. The molecule has 0 saturated heterocycles. The Labute approximate surface area is 96.1 Å². The van der Waals surface area contributed by atoms with E-state index in [0.29, 0.717) is 12.8 Å². The van der Waals surface area contributed by atoms with E-state index in [1.807, 2.05) is 30.3 Å². The molecule has 3 nitrogen and oxygen atoms in total. The Bertz CT molecular complexity index is 357. The van der Waals surface area contributed by atoms with Gasteiger partial charge in [-0.15, -0.1) is 0 Å². The third-order valence-corrected chi connectivity index (χ3v) is 2.38. The molecule has 0 bridgehead atoms. The van der Waals surface area contributed by atoms with Gasteiger partial charge in [-0.3, -0.25) is 9.59 Å². The summed E-state index contributed by atoms with van der Waals surface area (Å²) in [6.45, 7) is 0. The molecule has 1 aromatic rings. The number of benzene rings is 1. The highest BCUT2D eigenvalue weighted by Gasteiger charge is 2.10. The Morgan fingerprint density at radius 1 is 1.12 bits per heavy atom. The second kappa shape index (κ2) is 6.05. The van der Waals surface area contributed by atoms with Gasteiger partial charge in [-0.1, -0.05) is 30.3 Å². The maximum atomic E-state index is 11.5. The second-order valence-electron chi connectivity index (χ2n) is 3.99. The molecular weight excluding hydrogens is 202 g/mol. The molecule has 0 atom stereocenters. The minimum atomic E-state index is -0.127. The highest BCUT2D eigenvalue weighted by molar-refractivity contribution is 5.97. The minimum Gasteiger partial charge on any atom is -0.348 e. The number of aryl methyl sites for hydroxylation is 1. The smallest absolute Gasteiger partial charge is 0.229 e. The number of hydrogen-bond donors (Lipinski definition) is 0. The van der Waals surface area contributed by atoms with Crippen molar-refractivity contribution in [3.63, 3.8) is 0 Å². The number of carbonyl (C=O) groups is 2. The molecule has 0 aromatic heterocycles. The van der Waals surface area contributed by atoms with Gasteiger partial charge in [0.1, 0.15) is 5.78 Å². The Balaban J connectivity index is 2.34. The van der Waals surface area contributed by atoms with Crippen molar-refractivity contribution in [2.75, 3.05) is 14.1 Å². The van der Waals surface area contributed by atoms with E-state index in [4.69, 9.17) is 0 Å². The fourth-order valence-electron chi connectivity index (χ4n) is 1.34. The molecule has 1 aromatic carbocycles. The van der Waals surface area contributed by atoms with Crippen LogP contribution in [0.15, 0.2) is 30.3 Å². The standard InChI is InChI=1S/C13H17NO2/c1-14(2)13(16)10-12(15)9-8-11-6-4-3-5-7-11/h3-7H,8-10H2,1-2H3. The van der Waals surface area contributed by atoms with Gasteiger partial charge in [-0.2, -0.15) is 0 Å². The van der Waals surface area contributed by atoms with Crippen LogP contribution in [0.3, 0.4) is 0 Å². The van der Waals surface area contributed by atoms with Crippen LogP contribution in [0.5, 0.6) is 0 Å². The monoisotopic (exact) mass is 219 g/mol. The number of carbonyl (C=O) groups excluding carboxylic acids is 2. The summed E-state index contributed by atoms with van der Waals surface area (Å²) in [5.74, 6) is -0.124. The van der Waals surface area contributed by atoms with Crippen molar-refractivity contribution in [2.24, 2.45) is 0 Å². The third kappa shape index (κ3) is 4.26. The summed E-state index contributed by atoms with van der Waals surface area (Å²) in [6.07, 6.45) is 1.16. The van der Waals surface area contributed by atoms with E-state index in [1.54, 1.807) is 14.1 Å². The molecule has 1 rings (SSSR count). The predicted octanol–water partition coefficient (Wildman–Crippen LogP) is 1.67. The van der Waals surface area contributed by atoms with Crippen molar-refractivity contribution in [1.29, 1.82) is 0 Å². The van der Waals surface area contributed by atoms with Crippen molar-refractivity contribution in [1.82, 2.24) is 4.90 Å². The SMILES string of the molecule is CN(C)C(=O)CC(=O)CCc1ccccc1. The van der Waals surface area contributed by atoms with Gasteiger partial charge < -0.3 is 4.90 Å². The third-order valence-electron chi connectivity index (χ3n) is 2.38. The van der Waals surface area contributed by atoms with E-state index in [9.17, 15) is 9.59 Å². The molecule has 86 valence electrons. The molecule has 0 aliphatic heterocycles. The molecule has 0 fully saturated rings. The lowest BCUT2D eigenvalue weighted by Gasteiger charge is -2.09. The summed E-state index contributed by atoms with van der Waals surface area (Å²) in [5.41, 5.74) is 1.13. The second-order valence-corrected chi connectivity index (χ2v) is 3.99. The highest BCUT2D eigenvalue weighted by atomic mass is 16.2. The van der Waals surface area contributed by atoms with E-state index < -0.39 is 0 Å². The summed E-state index contributed by atoms with van der Waals surface area (Å²) >= 11 is 0. The maximum absolute atomic E-state index is 11.5. The summed E-state index contributed by atoms with van der Waals surface area (Å²) in [4.78, 5) is 24.2. The molecule has 0 unspecified atom stereocenters. The molecular formula is C13H17NO2. The van der Waals surface area contributed by atoms with Crippen LogP contribution in [-0.4, -0.2) is 30.7 Å². The van der Waals surface area contributed by atoms with Gasteiger partial charge in [-0.25, -0.2) is 0 Å². The van der Waals surface area contributed by atoms with E-state index in [1.165, 1.54) is 4.90 Å². The molecule has 0 radical (unpaired) electrons. The van der Waals surface area contributed by atoms with Crippen molar-refractivity contribution in [2.45, 2.75) is 19.3 Å². The first-order valence-electron chi connectivity index (χ1n) is 5.35. The fourth-order valence-corrected chi connectivity index (χ4v) is 1.34. The van der Waals surface area contributed by atoms with Crippen LogP contribution in [0.4, 0.5) is 0 Å². The van der Waals surface area contributed by atoms with Gasteiger partial charge in [0, 0.05) is 20.5 Å². The van der Waals surface area contributed by atoms with Crippen LogP contribution in [0, 0.1) is 0 Å². The van der Waals surface area contributed by atoms with Crippen molar-refractivity contribution >= 4 is 11.7 Å². The van der Waals surface area contributed by atoms with Crippen LogP contribution in [0.25, 0.3) is 0 Å². The molecule has 0 saturated carbocycles. The average Bonchev–Trinajstić information content (AvgIpc) is 2.27. The van der Waals surface area contributed by atoms with Gasteiger partial charge in [0.25, 0.3) is 0 Å². The normalized spacial score (nSPS) is 9.88. The number of rotatable bonds is 5. The van der Waals surface area contributed by atoms with Crippen LogP contribution in [-0.2, 0) is 16.0 Å². The Morgan fingerprint density at radius 3 is 2.31 bits per heavy atom. The quantitative estimate of drug-likeness (QED) is 0.706. The van der Waals surface area contributed by atoms with Crippen LogP contribution < -0.4 is 0 Å². The van der Waals surface area contributed by atoms with Gasteiger partial charge in [0.2, 0.25) is 5.91 Å². The van der Waals surface area contributed by atoms with Gasteiger partial charge in [0.05, 0.1) is 6.42 Å². The first-order valence-corrected chi connectivity index (χ1v) is 5.35. The van der Waals surface area contributed by atoms with Crippen LogP contribution >= 0.6 is 0 Å². The number of ketones is 1. The molecule has 16 heavy (non-hydrogen) atoms. The highest BCUT2D eigenvalue weighted by Crippen LogP contribution is 2.04. The van der Waals surface area contributed by atoms with E-state index in [-0.39, 0.29) is 18.1 Å². The van der Waals surface area contributed by atoms with Gasteiger partial charge in [0.15, 0.2) is 0 Å². The molecule has 0 N–H and O–H groups in total. The van der Waals surface area contributed by atoms with Gasteiger partial charge >= 0.3 is 0 Å². The largest absolute Gasteiger partial charge is 0.348 e. The fraction of sp³-hybridized carbons (Fsp3) is 0.385. The van der Waals surface area contributed by atoms with E-state index >= 15 is 0 Å². The molecule has 0 heterocycles. The first kappa shape index (κ1) is 12.4. The minimum absolute atomic E-state index is 0.00236. The van der Waals surface area contributed by atoms with Crippen molar-refractivity contribution < 1.29 is 9.59 Å². The Hall–Kier alpha value is -1.64. The molecule has 0 aliphatic carbocycles. The van der Waals surface area contributed by atoms with Crippen molar-refractivity contribution in [3.05, 3.63) is 35.9 Å². The average molecular weight is 219 g/mol. The predicted molar refractivity (Wildman–Crippen MR) is 63.1 cm³/mol. The number of hydrogen-bond acceptors (Lipinski definition) is 2. The number of Topliss-reactive ketones (excluding diaryl/α,β-unsaturated/α-hetero) is 1. The molecule has 0 spiro atoms. The van der Waals surface area contributed by atoms with E-state index in [0.717, 1.165) is 5.56 Å². The summed E-state index contributed by atoms with van der Waals surface area (Å²) in [5, 5.41) is 0. The molecule has 3 heteroatoms. The Morgan fingerprint density at radius 2 is 1.75 bits per heavy atom. The molecule has 0 aliphatic rings. The summed E-state index contributed by atoms with van der Waals surface area (Å²) in [7, 11) is 3.32. The lowest BCUT2D eigenvalue weighted by Crippen LogP contribution is -2.24. The van der Waals surface area contributed by atoms with Crippen molar-refractivity contribution in [3.8, 4) is 0 Å². The zero-order valence-corrected chi connectivity index (χ0v) is 9.77. The lowest BCUT2D eigenvalue weighted by molar-refractivity contribution is -0.133. The Kier molecular flexibility index (Phi) is 4.70. The number of nitrogens with zero attached hydrogens (tertiary/aromatic N) is 1. The first-order chi connectivity index (χ1) is 7.59. The summed E-state index contributed by atoms with van der Waals surface area (Å²) < 4.78 is 0. The van der Waals surface area contributed by atoms with E-state index in [2.05, 4.69) is 0 Å². The van der Waals surface area contributed by atoms with Crippen LogP contribution in [0.2, 0.25) is 0 Å². The van der Waals surface area contributed by atoms with Gasteiger partial charge in [-0.05, 0) is 12.0 Å². The zero-order valence-electron chi connectivity index (χ0n) is 9.77. The lowest BCUT2D eigenvalue weighted by atomic mass is 10.1.